The molecule has 0 heterocycles. The molecule has 0 aliphatic heterocycles. The van der Waals surface area contributed by atoms with Crippen LogP contribution in [0.2, 0.25) is 0 Å². The average Bonchev–Trinajstić information content (AvgIpc) is 2.17. The Balaban J connectivity index is 2.36. The van der Waals surface area contributed by atoms with E-state index in [9.17, 15) is 0 Å². The molecule has 2 rings (SSSR count). The van der Waals surface area contributed by atoms with Gasteiger partial charge in [0, 0.05) is 6.04 Å². The highest BCUT2D eigenvalue weighted by atomic mass is 14.6. The van der Waals surface area contributed by atoms with Crippen molar-refractivity contribution in [3.05, 3.63) is 41.5 Å². The zero-order chi connectivity index (χ0) is 9.26. The van der Waals surface area contributed by atoms with Gasteiger partial charge in [0.15, 0.2) is 0 Å². The SMILES string of the molecule is C=Cc1ccc2c(c1)CC[C@H](N)C2. The van der Waals surface area contributed by atoms with Crippen LogP contribution in [0.4, 0.5) is 0 Å². The molecular formula is C12H15N. The van der Waals surface area contributed by atoms with Crippen molar-refractivity contribution in [2.75, 3.05) is 0 Å². The lowest BCUT2D eigenvalue weighted by molar-refractivity contribution is 0.576. The van der Waals surface area contributed by atoms with E-state index in [-0.39, 0.29) is 0 Å². The van der Waals surface area contributed by atoms with Crippen molar-refractivity contribution in [2.24, 2.45) is 5.73 Å². The Morgan fingerprint density at radius 2 is 2.23 bits per heavy atom. The van der Waals surface area contributed by atoms with Gasteiger partial charge in [-0.05, 0) is 36.0 Å². The highest BCUT2D eigenvalue weighted by Crippen LogP contribution is 2.21. The van der Waals surface area contributed by atoms with Crippen LogP contribution in [0.5, 0.6) is 0 Å². The molecule has 1 heteroatoms. The highest BCUT2D eigenvalue weighted by molar-refractivity contribution is 5.50. The number of hydrogen-bond acceptors (Lipinski definition) is 1. The molecular weight excluding hydrogens is 158 g/mol. The molecule has 0 radical (unpaired) electrons. The second kappa shape index (κ2) is 3.35. The molecule has 0 spiro atoms. The molecule has 1 nitrogen and oxygen atoms in total. The molecule has 1 aromatic rings. The van der Waals surface area contributed by atoms with Crippen LogP contribution in [0.25, 0.3) is 6.08 Å². The van der Waals surface area contributed by atoms with Gasteiger partial charge in [-0.15, -0.1) is 0 Å². The highest BCUT2D eigenvalue weighted by Gasteiger charge is 2.14. The first-order chi connectivity index (χ1) is 6.29. The molecule has 13 heavy (non-hydrogen) atoms. The fraction of sp³-hybridized carbons (Fsp3) is 0.333. The van der Waals surface area contributed by atoms with Gasteiger partial charge in [-0.2, -0.15) is 0 Å². The number of benzene rings is 1. The smallest absolute Gasteiger partial charge is 0.00825 e. The van der Waals surface area contributed by atoms with E-state index >= 15 is 0 Å². The maximum absolute atomic E-state index is 5.90. The van der Waals surface area contributed by atoms with Crippen molar-refractivity contribution in [1.82, 2.24) is 0 Å². The van der Waals surface area contributed by atoms with E-state index in [1.165, 1.54) is 16.7 Å². The lowest BCUT2D eigenvalue weighted by atomic mass is 9.88. The van der Waals surface area contributed by atoms with E-state index in [1.54, 1.807) is 0 Å². The van der Waals surface area contributed by atoms with Gasteiger partial charge in [0.1, 0.15) is 0 Å². The molecule has 68 valence electrons. The van der Waals surface area contributed by atoms with Crippen molar-refractivity contribution < 1.29 is 0 Å². The Hall–Kier alpha value is -1.08. The molecule has 1 aliphatic rings. The largest absolute Gasteiger partial charge is 0.327 e. The number of nitrogens with two attached hydrogens (primary N) is 1. The number of fused-ring (bicyclic) bond motifs is 1. The molecule has 0 bridgehead atoms. The normalized spacial score (nSPS) is 20.8. The first-order valence-corrected chi connectivity index (χ1v) is 4.79. The van der Waals surface area contributed by atoms with Crippen LogP contribution in [0, 0.1) is 0 Å². The Bertz CT molecular complexity index is 328. The van der Waals surface area contributed by atoms with Gasteiger partial charge in [0.05, 0.1) is 0 Å². The minimum absolute atomic E-state index is 0.363. The summed E-state index contributed by atoms with van der Waals surface area (Å²) in [5.41, 5.74) is 10.00. The summed E-state index contributed by atoms with van der Waals surface area (Å²) in [6.07, 6.45) is 5.17. The minimum atomic E-state index is 0.363. The lowest BCUT2D eigenvalue weighted by Gasteiger charge is -2.21. The fourth-order valence-corrected chi connectivity index (χ4v) is 1.93. The predicted molar refractivity (Wildman–Crippen MR) is 56.5 cm³/mol. The summed E-state index contributed by atoms with van der Waals surface area (Å²) < 4.78 is 0. The van der Waals surface area contributed by atoms with Crippen molar-refractivity contribution in [3.8, 4) is 0 Å². The zero-order valence-corrected chi connectivity index (χ0v) is 7.79. The molecule has 0 unspecified atom stereocenters. The van der Waals surface area contributed by atoms with Gasteiger partial charge in [-0.1, -0.05) is 30.9 Å². The van der Waals surface area contributed by atoms with Crippen LogP contribution in [-0.2, 0) is 12.8 Å². The Morgan fingerprint density at radius 1 is 1.38 bits per heavy atom. The summed E-state index contributed by atoms with van der Waals surface area (Å²) in [5.74, 6) is 0. The summed E-state index contributed by atoms with van der Waals surface area (Å²) in [6.45, 7) is 3.77. The molecule has 0 aromatic heterocycles. The molecule has 0 saturated carbocycles. The predicted octanol–water partition coefficient (Wildman–Crippen LogP) is 2.15. The van der Waals surface area contributed by atoms with Crippen LogP contribution < -0.4 is 5.73 Å². The van der Waals surface area contributed by atoms with Gasteiger partial charge < -0.3 is 5.73 Å². The van der Waals surface area contributed by atoms with Crippen molar-refractivity contribution in [1.29, 1.82) is 0 Å². The van der Waals surface area contributed by atoms with Gasteiger partial charge in [0.25, 0.3) is 0 Å². The quantitative estimate of drug-likeness (QED) is 0.692. The van der Waals surface area contributed by atoms with Gasteiger partial charge in [0.2, 0.25) is 0 Å². The van der Waals surface area contributed by atoms with E-state index in [0.29, 0.717) is 6.04 Å². The molecule has 0 fully saturated rings. The topological polar surface area (TPSA) is 26.0 Å². The van der Waals surface area contributed by atoms with E-state index in [2.05, 4.69) is 24.8 Å². The first kappa shape index (κ1) is 8.52. The van der Waals surface area contributed by atoms with Crippen molar-refractivity contribution >= 4 is 6.08 Å². The summed E-state index contributed by atoms with van der Waals surface area (Å²) >= 11 is 0. The maximum Gasteiger partial charge on any atom is 0.00825 e. The summed E-state index contributed by atoms with van der Waals surface area (Å²) in [6, 6.07) is 6.89. The van der Waals surface area contributed by atoms with Crippen LogP contribution >= 0.6 is 0 Å². The van der Waals surface area contributed by atoms with Crippen LogP contribution in [0.3, 0.4) is 0 Å². The van der Waals surface area contributed by atoms with E-state index in [4.69, 9.17) is 5.73 Å². The molecule has 2 N–H and O–H groups in total. The third kappa shape index (κ3) is 1.65. The van der Waals surface area contributed by atoms with Crippen molar-refractivity contribution in [3.63, 3.8) is 0 Å². The Labute approximate surface area is 79.3 Å². The second-order valence-corrected chi connectivity index (χ2v) is 3.74. The van der Waals surface area contributed by atoms with E-state index in [0.717, 1.165) is 19.3 Å². The summed E-state index contributed by atoms with van der Waals surface area (Å²) in [4.78, 5) is 0. The number of rotatable bonds is 1. The molecule has 1 aliphatic carbocycles. The van der Waals surface area contributed by atoms with Gasteiger partial charge >= 0.3 is 0 Å². The number of aryl methyl sites for hydroxylation is 1. The second-order valence-electron chi connectivity index (χ2n) is 3.74. The van der Waals surface area contributed by atoms with Crippen molar-refractivity contribution in [2.45, 2.75) is 25.3 Å². The molecule has 1 aromatic carbocycles. The minimum Gasteiger partial charge on any atom is -0.327 e. The monoisotopic (exact) mass is 173 g/mol. The lowest BCUT2D eigenvalue weighted by Crippen LogP contribution is -2.27. The zero-order valence-electron chi connectivity index (χ0n) is 7.79. The summed E-state index contributed by atoms with van der Waals surface area (Å²) in [7, 11) is 0. The fourth-order valence-electron chi connectivity index (χ4n) is 1.93. The van der Waals surface area contributed by atoms with Gasteiger partial charge in [-0.3, -0.25) is 0 Å². The third-order valence-corrected chi connectivity index (χ3v) is 2.73. The first-order valence-electron chi connectivity index (χ1n) is 4.79. The third-order valence-electron chi connectivity index (χ3n) is 2.73. The summed E-state index contributed by atoms with van der Waals surface area (Å²) in [5, 5.41) is 0. The average molecular weight is 173 g/mol. The van der Waals surface area contributed by atoms with Crippen LogP contribution in [0.1, 0.15) is 23.1 Å². The van der Waals surface area contributed by atoms with Gasteiger partial charge in [-0.25, -0.2) is 0 Å². The standard InChI is InChI=1S/C12H15N/c1-2-9-3-4-11-8-12(13)6-5-10(11)7-9/h2-4,7,12H,1,5-6,8,13H2/t12-/m0/s1. The van der Waals surface area contributed by atoms with E-state index < -0.39 is 0 Å². The number of hydrogen-bond donors (Lipinski definition) is 1. The van der Waals surface area contributed by atoms with Crippen LogP contribution in [0.15, 0.2) is 24.8 Å². The maximum atomic E-state index is 5.90. The Morgan fingerprint density at radius 3 is 3.00 bits per heavy atom. The van der Waals surface area contributed by atoms with Crippen LogP contribution in [-0.4, -0.2) is 6.04 Å². The molecule has 0 saturated heterocycles. The molecule has 1 atom stereocenters. The Kier molecular flexibility index (Phi) is 2.19. The van der Waals surface area contributed by atoms with E-state index in [1.807, 2.05) is 6.08 Å². The molecule has 0 amide bonds.